The van der Waals surface area contributed by atoms with Gasteiger partial charge in [0.2, 0.25) is 10.0 Å². The number of hydrogen-bond donors (Lipinski definition) is 0. The Morgan fingerprint density at radius 2 is 1.83 bits per heavy atom. The van der Waals surface area contributed by atoms with Gasteiger partial charge in [-0.3, -0.25) is 4.79 Å². The fourth-order valence-electron chi connectivity index (χ4n) is 4.10. The maximum Gasteiger partial charge on any atom is 0.258 e. The van der Waals surface area contributed by atoms with Gasteiger partial charge in [0.25, 0.3) is 5.91 Å². The van der Waals surface area contributed by atoms with Gasteiger partial charge in [0, 0.05) is 30.9 Å². The van der Waals surface area contributed by atoms with Crippen LogP contribution in [0, 0.1) is 0 Å². The summed E-state index contributed by atoms with van der Waals surface area (Å²) < 4.78 is 33.2. The van der Waals surface area contributed by atoms with E-state index in [4.69, 9.17) is 4.74 Å². The average Bonchev–Trinajstić information content (AvgIpc) is 3.21. The van der Waals surface area contributed by atoms with E-state index in [1.165, 1.54) is 0 Å². The summed E-state index contributed by atoms with van der Waals surface area (Å²) in [4.78, 5) is 15.2. The van der Waals surface area contributed by atoms with Crippen molar-refractivity contribution in [3.63, 3.8) is 0 Å². The predicted octanol–water partition coefficient (Wildman–Crippen LogP) is 3.85. The normalized spacial score (nSPS) is 17.0. The van der Waals surface area contributed by atoms with Crippen LogP contribution in [-0.4, -0.2) is 44.9 Å². The second kappa shape index (κ2) is 8.78. The molecule has 4 rings (SSSR count). The van der Waals surface area contributed by atoms with Gasteiger partial charge in [-0.25, -0.2) is 8.42 Å². The minimum atomic E-state index is -3.47. The Hall–Kier alpha value is -2.38. The van der Waals surface area contributed by atoms with Gasteiger partial charge in [0.05, 0.1) is 11.5 Å². The highest BCUT2D eigenvalue weighted by atomic mass is 32.2. The first-order chi connectivity index (χ1) is 14.5. The molecule has 2 heterocycles. The Bertz CT molecular complexity index is 1030. The lowest BCUT2D eigenvalue weighted by Gasteiger charge is -2.26. The fraction of sp³-hybridized carbons (Fsp3) is 0.435. The van der Waals surface area contributed by atoms with E-state index in [9.17, 15) is 13.2 Å². The van der Waals surface area contributed by atoms with Crippen LogP contribution < -0.4 is 9.64 Å². The lowest BCUT2D eigenvalue weighted by Crippen LogP contribution is -2.35. The highest BCUT2D eigenvalue weighted by Gasteiger charge is 2.30. The molecule has 2 aromatic carbocycles. The number of carbonyl (C=O) groups is 1. The van der Waals surface area contributed by atoms with E-state index in [0.29, 0.717) is 48.9 Å². The summed E-state index contributed by atoms with van der Waals surface area (Å²) in [7, 11) is -3.47. The van der Waals surface area contributed by atoms with Crippen LogP contribution in [0.4, 0.5) is 5.69 Å². The van der Waals surface area contributed by atoms with Crippen molar-refractivity contribution >= 4 is 21.6 Å². The molecule has 0 aromatic heterocycles. The molecule has 7 heteroatoms. The van der Waals surface area contributed by atoms with Crippen molar-refractivity contribution in [3.8, 4) is 5.75 Å². The summed E-state index contributed by atoms with van der Waals surface area (Å²) in [5, 5.41) is 0. The number of amides is 1. The Morgan fingerprint density at radius 3 is 2.60 bits per heavy atom. The molecule has 0 atom stereocenters. The minimum Gasteiger partial charge on any atom is -0.494 e. The lowest BCUT2D eigenvalue weighted by molar-refractivity contribution is 0.0989. The monoisotopic (exact) mass is 428 g/mol. The maximum atomic E-state index is 13.1. The molecule has 160 valence electrons. The number of rotatable bonds is 6. The fourth-order valence-corrected chi connectivity index (χ4v) is 5.67. The summed E-state index contributed by atoms with van der Waals surface area (Å²) in [6.45, 7) is 4.36. The van der Waals surface area contributed by atoms with Gasteiger partial charge >= 0.3 is 0 Å². The van der Waals surface area contributed by atoms with Gasteiger partial charge in [-0.1, -0.05) is 19.4 Å². The predicted molar refractivity (Wildman–Crippen MR) is 117 cm³/mol. The van der Waals surface area contributed by atoms with Crippen LogP contribution in [0.3, 0.4) is 0 Å². The second-order valence-electron chi connectivity index (χ2n) is 7.84. The number of fused-ring (bicyclic) bond motifs is 1. The maximum absolute atomic E-state index is 13.1. The van der Waals surface area contributed by atoms with E-state index in [-0.39, 0.29) is 5.91 Å². The zero-order valence-corrected chi connectivity index (χ0v) is 18.2. The number of nitrogens with zero attached hydrogens (tertiary/aromatic N) is 2. The SMILES string of the molecule is CCCOc1cccc(C(=O)N2CCc3cc(S(=O)(=O)N4CCCCC4)ccc32)c1. The van der Waals surface area contributed by atoms with Crippen LogP contribution in [0.5, 0.6) is 5.75 Å². The van der Waals surface area contributed by atoms with Crippen molar-refractivity contribution in [1.82, 2.24) is 4.31 Å². The third kappa shape index (κ3) is 4.09. The number of piperidine rings is 1. The van der Waals surface area contributed by atoms with Gasteiger partial charge in [0.15, 0.2) is 0 Å². The second-order valence-corrected chi connectivity index (χ2v) is 9.78. The number of ether oxygens (including phenoxy) is 1. The van der Waals surface area contributed by atoms with Crippen LogP contribution in [-0.2, 0) is 16.4 Å². The van der Waals surface area contributed by atoms with Crippen LogP contribution in [0.2, 0.25) is 0 Å². The van der Waals surface area contributed by atoms with Gasteiger partial charge in [-0.05, 0) is 67.6 Å². The zero-order valence-electron chi connectivity index (χ0n) is 17.3. The van der Waals surface area contributed by atoms with E-state index < -0.39 is 10.0 Å². The smallest absolute Gasteiger partial charge is 0.258 e. The number of sulfonamides is 1. The molecule has 0 aliphatic carbocycles. The van der Waals surface area contributed by atoms with E-state index in [2.05, 4.69) is 0 Å². The summed E-state index contributed by atoms with van der Waals surface area (Å²) in [6.07, 6.45) is 4.45. The van der Waals surface area contributed by atoms with Crippen molar-refractivity contribution in [2.24, 2.45) is 0 Å². The Balaban J connectivity index is 1.56. The minimum absolute atomic E-state index is 0.0951. The molecule has 1 saturated heterocycles. The Labute approximate surface area is 178 Å². The molecule has 1 amide bonds. The highest BCUT2D eigenvalue weighted by molar-refractivity contribution is 7.89. The highest BCUT2D eigenvalue weighted by Crippen LogP contribution is 2.33. The molecular weight excluding hydrogens is 400 g/mol. The number of hydrogen-bond acceptors (Lipinski definition) is 4. The molecule has 0 bridgehead atoms. The Morgan fingerprint density at radius 1 is 1.03 bits per heavy atom. The van der Waals surface area contributed by atoms with E-state index >= 15 is 0 Å². The number of carbonyl (C=O) groups excluding carboxylic acids is 1. The topological polar surface area (TPSA) is 66.9 Å². The van der Waals surface area contributed by atoms with Crippen molar-refractivity contribution in [1.29, 1.82) is 0 Å². The first-order valence-corrected chi connectivity index (χ1v) is 12.1. The first-order valence-electron chi connectivity index (χ1n) is 10.7. The van der Waals surface area contributed by atoms with Gasteiger partial charge < -0.3 is 9.64 Å². The summed E-state index contributed by atoms with van der Waals surface area (Å²) in [6, 6.07) is 12.4. The molecule has 0 unspecified atom stereocenters. The van der Waals surface area contributed by atoms with Crippen molar-refractivity contribution in [2.45, 2.75) is 43.9 Å². The Kier molecular flexibility index (Phi) is 6.11. The van der Waals surface area contributed by atoms with E-state index in [1.807, 2.05) is 19.1 Å². The van der Waals surface area contributed by atoms with Gasteiger partial charge in [-0.15, -0.1) is 0 Å². The van der Waals surface area contributed by atoms with Gasteiger partial charge in [-0.2, -0.15) is 4.31 Å². The molecule has 0 N–H and O–H groups in total. The quantitative estimate of drug-likeness (QED) is 0.701. The zero-order chi connectivity index (χ0) is 21.1. The molecule has 1 fully saturated rings. The van der Waals surface area contributed by atoms with Crippen molar-refractivity contribution in [3.05, 3.63) is 53.6 Å². The molecule has 30 heavy (non-hydrogen) atoms. The molecule has 0 saturated carbocycles. The van der Waals surface area contributed by atoms with Crippen LogP contribution >= 0.6 is 0 Å². The van der Waals surface area contributed by atoms with Crippen molar-refractivity contribution in [2.75, 3.05) is 31.1 Å². The summed E-state index contributed by atoms with van der Waals surface area (Å²) in [5.74, 6) is 0.590. The standard InChI is InChI=1S/C23H28N2O4S/c1-2-15-29-20-8-6-7-19(16-20)23(26)25-14-11-18-17-21(9-10-22(18)25)30(27,28)24-12-4-3-5-13-24/h6-10,16-17H,2-5,11-15H2,1H3. The molecular formula is C23H28N2O4S. The third-order valence-electron chi connectivity index (χ3n) is 5.70. The first kappa shape index (κ1) is 20.9. The summed E-state index contributed by atoms with van der Waals surface area (Å²) >= 11 is 0. The molecule has 2 aliphatic heterocycles. The van der Waals surface area contributed by atoms with Crippen LogP contribution in [0.25, 0.3) is 0 Å². The summed E-state index contributed by atoms with van der Waals surface area (Å²) in [5.41, 5.74) is 2.26. The van der Waals surface area contributed by atoms with E-state index in [1.54, 1.807) is 39.5 Å². The largest absolute Gasteiger partial charge is 0.494 e. The molecule has 0 radical (unpaired) electrons. The average molecular weight is 429 g/mol. The lowest BCUT2D eigenvalue weighted by atomic mass is 10.1. The van der Waals surface area contributed by atoms with Gasteiger partial charge in [0.1, 0.15) is 5.75 Å². The molecule has 2 aromatic rings. The van der Waals surface area contributed by atoms with Crippen LogP contribution in [0.1, 0.15) is 48.5 Å². The molecule has 2 aliphatic rings. The molecule has 6 nitrogen and oxygen atoms in total. The van der Waals surface area contributed by atoms with Crippen LogP contribution in [0.15, 0.2) is 47.4 Å². The molecule has 0 spiro atoms. The number of anilines is 1. The van der Waals surface area contributed by atoms with E-state index in [0.717, 1.165) is 36.9 Å². The number of benzene rings is 2. The van der Waals surface area contributed by atoms with Crippen molar-refractivity contribution < 1.29 is 17.9 Å². The third-order valence-corrected chi connectivity index (χ3v) is 7.59.